The molecule has 4 rings (SSSR count). The fourth-order valence-corrected chi connectivity index (χ4v) is 3.91. The van der Waals surface area contributed by atoms with E-state index in [0.717, 1.165) is 5.56 Å². The lowest BCUT2D eigenvalue weighted by molar-refractivity contribution is -0.132. The van der Waals surface area contributed by atoms with Crippen LogP contribution in [-0.4, -0.2) is 41.1 Å². The van der Waals surface area contributed by atoms with Crippen LogP contribution in [0.5, 0.6) is 17.2 Å². The largest absolute Gasteiger partial charge is 0.507 e. The number of aromatic nitrogens is 1. The molecule has 2 aromatic carbocycles. The van der Waals surface area contributed by atoms with Crippen molar-refractivity contribution in [3.8, 4) is 17.2 Å². The molecule has 2 heterocycles. The van der Waals surface area contributed by atoms with Crippen LogP contribution in [0.4, 0.5) is 5.69 Å². The number of methoxy groups -OCH3 is 2. The summed E-state index contributed by atoms with van der Waals surface area (Å²) in [5.74, 6) is -1.54. The summed E-state index contributed by atoms with van der Waals surface area (Å²) >= 11 is 0. The molecule has 2 N–H and O–H groups in total. The van der Waals surface area contributed by atoms with Crippen LogP contribution in [0.25, 0.3) is 5.76 Å². The summed E-state index contributed by atoms with van der Waals surface area (Å²) < 4.78 is 10.6. The molecule has 1 atom stereocenters. The van der Waals surface area contributed by atoms with Gasteiger partial charge in [-0.25, -0.2) is 0 Å². The Morgan fingerprint density at radius 3 is 2.39 bits per heavy atom. The zero-order valence-electron chi connectivity index (χ0n) is 18.3. The molecule has 0 spiro atoms. The van der Waals surface area contributed by atoms with Crippen LogP contribution in [0.2, 0.25) is 0 Å². The van der Waals surface area contributed by atoms with Crippen LogP contribution < -0.4 is 14.4 Å². The van der Waals surface area contributed by atoms with E-state index in [4.69, 9.17) is 9.47 Å². The van der Waals surface area contributed by atoms with Crippen molar-refractivity contribution in [1.82, 2.24) is 4.98 Å². The van der Waals surface area contributed by atoms with Gasteiger partial charge < -0.3 is 19.7 Å². The van der Waals surface area contributed by atoms with E-state index in [-0.39, 0.29) is 28.3 Å². The maximum absolute atomic E-state index is 13.2. The van der Waals surface area contributed by atoms with Crippen LogP contribution in [0.1, 0.15) is 22.7 Å². The lowest BCUT2D eigenvalue weighted by atomic mass is 9.95. The zero-order chi connectivity index (χ0) is 23.7. The van der Waals surface area contributed by atoms with E-state index < -0.39 is 23.5 Å². The first-order valence-electron chi connectivity index (χ1n) is 10.1. The zero-order valence-corrected chi connectivity index (χ0v) is 18.3. The minimum atomic E-state index is -0.993. The van der Waals surface area contributed by atoms with Crippen LogP contribution in [-0.2, 0) is 9.59 Å². The Morgan fingerprint density at radius 2 is 1.73 bits per heavy atom. The smallest absolute Gasteiger partial charge is 0.300 e. The summed E-state index contributed by atoms with van der Waals surface area (Å²) in [6.45, 7) is 1.81. The number of ether oxygens (including phenoxy) is 2. The molecule has 33 heavy (non-hydrogen) atoms. The fraction of sp³-hybridized carbons (Fsp3) is 0.160. The first-order valence-corrected chi connectivity index (χ1v) is 10.1. The minimum Gasteiger partial charge on any atom is -0.507 e. The van der Waals surface area contributed by atoms with Crippen molar-refractivity contribution < 1.29 is 29.3 Å². The number of amides is 1. The number of aryl methyl sites for hydroxylation is 1. The number of Topliss-reactive ketones (excluding diaryl/α,β-unsaturated/α-hetero) is 1. The molecule has 8 nitrogen and oxygen atoms in total. The van der Waals surface area contributed by atoms with E-state index >= 15 is 0 Å². The molecule has 3 aromatic rings. The second-order valence-corrected chi connectivity index (χ2v) is 7.51. The molecule has 8 heteroatoms. The summed E-state index contributed by atoms with van der Waals surface area (Å²) in [7, 11) is 2.92. The Kier molecular flexibility index (Phi) is 5.74. The lowest BCUT2D eigenvalue weighted by Gasteiger charge is -2.26. The molecule has 168 valence electrons. The van der Waals surface area contributed by atoms with Gasteiger partial charge in [0, 0.05) is 18.5 Å². The first-order chi connectivity index (χ1) is 15.9. The van der Waals surface area contributed by atoms with Gasteiger partial charge in [0.05, 0.1) is 37.1 Å². The average Bonchev–Trinajstić information content (AvgIpc) is 3.10. The topological polar surface area (TPSA) is 109 Å². The van der Waals surface area contributed by atoms with Gasteiger partial charge in [-0.3, -0.25) is 19.5 Å². The van der Waals surface area contributed by atoms with E-state index in [0.29, 0.717) is 11.3 Å². The van der Waals surface area contributed by atoms with Crippen molar-refractivity contribution in [2.45, 2.75) is 13.0 Å². The Morgan fingerprint density at radius 1 is 1.00 bits per heavy atom. The molecular formula is C25H22N2O6. The number of rotatable bonds is 5. The predicted molar refractivity (Wildman–Crippen MR) is 121 cm³/mol. The third kappa shape index (κ3) is 3.76. The highest BCUT2D eigenvalue weighted by molar-refractivity contribution is 6.52. The van der Waals surface area contributed by atoms with Gasteiger partial charge in [-0.1, -0.05) is 6.07 Å². The molecule has 0 bridgehead atoms. The number of anilines is 1. The number of aliphatic hydroxyl groups is 1. The summed E-state index contributed by atoms with van der Waals surface area (Å²) in [6, 6.07) is 11.8. The molecule has 1 fully saturated rings. The van der Waals surface area contributed by atoms with Crippen molar-refractivity contribution in [2.24, 2.45) is 0 Å². The van der Waals surface area contributed by atoms with Crippen LogP contribution in [0, 0.1) is 6.92 Å². The number of hydrogen-bond donors (Lipinski definition) is 2. The van der Waals surface area contributed by atoms with Crippen molar-refractivity contribution in [3.05, 3.63) is 83.2 Å². The number of carbonyl (C=O) groups is 2. The van der Waals surface area contributed by atoms with Gasteiger partial charge in [-0.2, -0.15) is 0 Å². The second-order valence-electron chi connectivity index (χ2n) is 7.51. The molecule has 1 aliphatic heterocycles. The van der Waals surface area contributed by atoms with E-state index in [1.54, 1.807) is 42.5 Å². The monoisotopic (exact) mass is 446 g/mol. The fourth-order valence-electron chi connectivity index (χ4n) is 3.91. The van der Waals surface area contributed by atoms with Gasteiger partial charge in [0.25, 0.3) is 11.7 Å². The molecular weight excluding hydrogens is 424 g/mol. The third-order valence-corrected chi connectivity index (χ3v) is 5.52. The molecule has 0 saturated carbocycles. The summed E-state index contributed by atoms with van der Waals surface area (Å²) in [4.78, 5) is 31.6. The maximum Gasteiger partial charge on any atom is 0.300 e. The molecule has 0 aliphatic carbocycles. The number of phenols is 1. The highest BCUT2D eigenvalue weighted by Gasteiger charge is 2.48. The summed E-state index contributed by atoms with van der Waals surface area (Å²) in [5, 5.41) is 21.8. The van der Waals surface area contributed by atoms with Gasteiger partial charge in [0.15, 0.2) is 0 Å². The van der Waals surface area contributed by atoms with Gasteiger partial charge in [0.1, 0.15) is 23.0 Å². The molecule has 1 unspecified atom stereocenters. The quantitative estimate of drug-likeness (QED) is 0.349. The number of pyridine rings is 1. The van der Waals surface area contributed by atoms with Gasteiger partial charge in [-0.15, -0.1) is 0 Å². The third-order valence-electron chi connectivity index (χ3n) is 5.52. The first kappa shape index (κ1) is 21.9. The van der Waals surface area contributed by atoms with E-state index in [1.807, 2.05) is 6.92 Å². The van der Waals surface area contributed by atoms with E-state index in [2.05, 4.69) is 4.98 Å². The highest BCUT2D eigenvalue weighted by atomic mass is 16.5. The number of hydrogen-bond acceptors (Lipinski definition) is 7. The number of ketones is 1. The number of benzene rings is 2. The van der Waals surface area contributed by atoms with Crippen molar-refractivity contribution >= 4 is 23.1 Å². The lowest BCUT2D eigenvalue weighted by Crippen LogP contribution is -2.29. The maximum atomic E-state index is 13.2. The number of aliphatic hydroxyl groups excluding tert-OH is 1. The Balaban J connectivity index is 1.98. The van der Waals surface area contributed by atoms with Crippen molar-refractivity contribution in [1.29, 1.82) is 0 Å². The average molecular weight is 446 g/mol. The highest BCUT2D eigenvalue weighted by Crippen LogP contribution is 2.45. The summed E-state index contributed by atoms with van der Waals surface area (Å²) in [5.41, 5.74) is 1.59. The Labute approximate surface area is 190 Å². The molecule has 1 aliphatic rings. The standard InChI is InChI=1S/C25H22N2O6/c1-14-4-7-19(28)18(12-14)27-22(15-8-10-26-11-9-15)21(24(30)25(27)31)23(29)17-6-5-16(32-2)13-20(17)33-3/h4-13,22,28-29H,1-3H3/b23-21-. The van der Waals surface area contributed by atoms with Crippen molar-refractivity contribution in [2.75, 3.05) is 19.1 Å². The number of phenolic OH excluding ortho intramolecular Hbond substituents is 1. The Bertz CT molecular complexity index is 1270. The van der Waals surface area contributed by atoms with Crippen LogP contribution in [0.3, 0.4) is 0 Å². The number of aromatic hydroxyl groups is 1. The molecule has 1 amide bonds. The normalized spacial score (nSPS) is 17.3. The van der Waals surface area contributed by atoms with Gasteiger partial charge >= 0.3 is 0 Å². The Hall–Kier alpha value is -4.33. The van der Waals surface area contributed by atoms with Crippen LogP contribution in [0.15, 0.2) is 66.5 Å². The minimum absolute atomic E-state index is 0.129. The van der Waals surface area contributed by atoms with Crippen LogP contribution >= 0.6 is 0 Å². The second kappa shape index (κ2) is 8.66. The molecule has 0 radical (unpaired) electrons. The van der Waals surface area contributed by atoms with Gasteiger partial charge in [0.2, 0.25) is 0 Å². The van der Waals surface area contributed by atoms with E-state index in [9.17, 15) is 19.8 Å². The SMILES string of the molecule is COc1ccc(/C(O)=C2/C(=O)C(=O)N(c3cc(C)ccc3O)C2c2ccncc2)c(OC)c1. The van der Waals surface area contributed by atoms with Gasteiger partial charge in [-0.05, 0) is 54.4 Å². The predicted octanol–water partition coefficient (Wildman–Crippen LogP) is 3.74. The molecule has 1 aromatic heterocycles. The molecule has 1 saturated heterocycles. The van der Waals surface area contributed by atoms with Crippen molar-refractivity contribution in [3.63, 3.8) is 0 Å². The van der Waals surface area contributed by atoms with E-state index in [1.165, 1.54) is 37.6 Å². The number of nitrogens with zero attached hydrogens (tertiary/aromatic N) is 2. The number of carbonyl (C=O) groups excluding carboxylic acids is 2. The summed E-state index contributed by atoms with van der Waals surface area (Å²) in [6.07, 6.45) is 3.05.